The number of ether oxygens (including phenoxy) is 2. The molecule has 4 rings (SSSR count). The standard InChI is InChI=1S/C25H25BrIN3O4/c1-2-33-23(31)15-34-22-11-8-16(12-20(22)27)14-28-30-24(17-6-4-3-5-7-17)29-21-10-9-18(26)13-19(21)25(30)32/h8-14,17H,2-7,15H2,1H3. The quantitative estimate of drug-likeness (QED) is 0.190. The maximum atomic E-state index is 13.4. The first-order valence-corrected chi connectivity index (χ1v) is 13.2. The molecule has 0 radical (unpaired) electrons. The summed E-state index contributed by atoms with van der Waals surface area (Å²) in [5, 5.41) is 5.11. The number of carbonyl (C=O) groups is 1. The zero-order valence-electron chi connectivity index (χ0n) is 18.8. The molecule has 0 N–H and O–H groups in total. The van der Waals surface area contributed by atoms with E-state index in [1.165, 1.54) is 11.1 Å². The number of nitrogens with zero attached hydrogens (tertiary/aromatic N) is 3. The summed E-state index contributed by atoms with van der Waals surface area (Å²) in [6.45, 7) is 1.93. The maximum absolute atomic E-state index is 13.4. The van der Waals surface area contributed by atoms with Gasteiger partial charge in [-0.2, -0.15) is 9.78 Å². The zero-order valence-corrected chi connectivity index (χ0v) is 22.5. The molecule has 34 heavy (non-hydrogen) atoms. The molecule has 1 aliphatic rings. The van der Waals surface area contributed by atoms with Crippen molar-refractivity contribution in [2.24, 2.45) is 5.10 Å². The van der Waals surface area contributed by atoms with Crippen LogP contribution in [0, 0.1) is 3.57 Å². The van der Waals surface area contributed by atoms with Crippen LogP contribution < -0.4 is 10.3 Å². The summed E-state index contributed by atoms with van der Waals surface area (Å²) in [4.78, 5) is 29.8. The molecule has 0 atom stereocenters. The minimum atomic E-state index is -0.408. The summed E-state index contributed by atoms with van der Waals surface area (Å²) in [7, 11) is 0. The van der Waals surface area contributed by atoms with Gasteiger partial charge in [0.2, 0.25) is 0 Å². The molecular formula is C25H25BrIN3O4. The largest absolute Gasteiger partial charge is 0.481 e. The second-order valence-electron chi connectivity index (χ2n) is 8.11. The highest BCUT2D eigenvalue weighted by atomic mass is 127. The van der Waals surface area contributed by atoms with Gasteiger partial charge in [0.1, 0.15) is 11.6 Å². The highest BCUT2D eigenvalue weighted by Crippen LogP contribution is 2.32. The van der Waals surface area contributed by atoms with Crippen molar-refractivity contribution in [3.8, 4) is 5.75 Å². The number of hydrogen-bond acceptors (Lipinski definition) is 6. The van der Waals surface area contributed by atoms with E-state index in [1.807, 2.05) is 24.3 Å². The number of carbonyl (C=O) groups excluding carboxylic acids is 1. The molecule has 0 amide bonds. The number of hydrogen-bond donors (Lipinski definition) is 0. The monoisotopic (exact) mass is 637 g/mol. The van der Waals surface area contributed by atoms with Crippen LogP contribution in [0.25, 0.3) is 10.9 Å². The molecule has 1 heterocycles. The van der Waals surface area contributed by atoms with Gasteiger partial charge >= 0.3 is 5.97 Å². The number of halogens is 2. The molecule has 1 saturated carbocycles. The molecule has 0 aliphatic heterocycles. The number of fused-ring (bicyclic) bond motifs is 1. The molecule has 0 saturated heterocycles. The lowest BCUT2D eigenvalue weighted by molar-refractivity contribution is -0.145. The topological polar surface area (TPSA) is 82.8 Å². The molecular weight excluding hydrogens is 613 g/mol. The molecule has 1 fully saturated rings. The maximum Gasteiger partial charge on any atom is 0.344 e. The molecule has 1 aromatic heterocycles. The second kappa shape index (κ2) is 11.4. The van der Waals surface area contributed by atoms with Crippen molar-refractivity contribution < 1.29 is 14.3 Å². The molecule has 9 heteroatoms. The van der Waals surface area contributed by atoms with Gasteiger partial charge < -0.3 is 9.47 Å². The predicted octanol–water partition coefficient (Wildman–Crippen LogP) is 5.64. The summed E-state index contributed by atoms with van der Waals surface area (Å²) in [6, 6.07) is 11.1. The third-order valence-electron chi connectivity index (χ3n) is 5.73. The van der Waals surface area contributed by atoms with Gasteiger partial charge in [-0.1, -0.05) is 35.2 Å². The van der Waals surface area contributed by atoms with Crippen molar-refractivity contribution in [3.05, 3.63) is 66.2 Å². The Labute approximate surface area is 219 Å². The van der Waals surface area contributed by atoms with Crippen LogP contribution in [-0.2, 0) is 9.53 Å². The Morgan fingerprint density at radius 3 is 2.76 bits per heavy atom. The highest BCUT2D eigenvalue weighted by Gasteiger charge is 2.22. The van der Waals surface area contributed by atoms with Crippen molar-refractivity contribution in [2.75, 3.05) is 13.2 Å². The Morgan fingerprint density at radius 2 is 2.03 bits per heavy atom. The van der Waals surface area contributed by atoms with Crippen molar-refractivity contribution in [1.29, 1.82) is 0 Å². The molecule has 178 valence electrons. The van der Waals surface area contributed by atoms with E-state index < -0.39 is 5.97 Å². The lowest BCUT2D eigenvalue weighted by Crippen LogP contribution is -2.25. The molecule has 7 nitrogen and oxygen atoms in total. The molecule has 1 aliphatic carbocycles. The van der Waals surface area contributed by atoms with Crippen LogP contribution in [-0.4, -0.2) is 35.1 Å². The van der Waals surface area contributed by atoms with Gasteiger partial charge in [0.25, 0.3) is 5.56 Å². The highest BCUT2D eigenvalue weighted by molar-refractivity contribution is 14.1. The summed E-state index contributed by atoms with van der Waals surface area (Å²) < 4.78 is 13.6. The first-order valence-electron chi connectivity index (χ1n) is 11.3. The molecule has 3 aromatic rings. The van der Waals surface area contributed by atoms with Gasteiger partial charge in [0, 0.05) is 10.4 Å². The normalized spacial score (nSPS) is 14.6. The SMILES string of the molecule is CCOC(=O)COc1ccc(C=Nn2c(C3CCCCC3)nc3ccc(Br)cc3c2=O)cc1I. The average Bonchev–Trinajstić information content (AvgIpc) is 2.84. The van der Waals surface area contributed by atoms with Crippen molar-refractivity contribution in [3.63, 3.8) is 0 Å². The molecule has 0 unspecified atom stereocenters. The molecule has 2 aromatic carbocycles. The summed E-state index contributed by atoms with van der Waals surface area (Å²) >= 11 is 5.60. The Hall–Kier alpha value is -2.27. The average molecular weight is 638 g/mol. The van der Waals surface area contributed by atoms with E-state index in [9.17, 15) is 9.59 Å². The van der Waals surface area contributed by atoms with Gasteiger partial charge in [-0.25, -0.2) is 9.78 Å². The number of benzene rings is 2. The van der Waals surface area contributed by atoms with E-state index >= 15 is 0 Å². The van der Waals surface area contributed by atoms with Crippen LogP contribution in [0.2, 0.25) is 0 Å². The van der Waals surface area contributed by atoms with Crippen LogP contribution in [0.1, 0.15) is 56.3 Å². The van der Waals surface area contributed by atoms with E-state index in [0.29, 0.717) is 23.3 Å². The van der Waals surface area contributed by atoms with Gasteiger partial charge in [-0.15, -0.1) is 0 Å². The minimum absolute atomic E-state index is 0.143. The van der Waals surface area contributed by atoms with Crippen LogP contribution >= 0.6 is 38.5 Å². The van der Waals surface area contributed by atoms with Crippen LogP contribution in [0.3, 0.4) is 0 Å². The predicted molar refractivity (Wildman–Crippen MR) is 144 cm³/mol. The number of esters is 1. The van der Waals surface area contributed by atoms with Gasteiger partial charge in [-0.05, 0) is 84.3 Å². The fourth-order valence-corrected chi connectivity index (χ4v) is 5.14. The van der Waals surface area contributed by atoms with E-state index in [4.69, 9.17) is 14.5 Å². The van der Waals surface area contributed by atoms with Crippen molar-refractivity contribution in [2.45, 2.75) is 44.9 Å². The summed E-state index contributed by atoms with van der Waals surface area (Å²) in [5.41, 5.74) is 1.33. The lowest BCUT2D eigenvalue weighted by atomic mass is 9.88. The van der Waals surface area contributed by atoms with Crippen LogP contribution in [0.5, 0.6) is 5.75 Å². The Kier molecular flexibility index (Phi) is 8.36. The van der Waals surface area contributed by atoms with E-state index in [1.54, 1.807) is 25.3 Å². The van der Waals surface area contributed by atoms with Gasteiger partial charge in [-0.3, -0.25) is 4.79 Å². The van der Waals surface area contributed by atoms with Gasteiger partial charge in [0.15, 0.2) is 6.61 Å². The van der Waals surface area contributed by atoms with Crippen LogP contribution in [0.15, 0.2) is 50.8 Å². The Morgan fingerprint density at radius 1 is 1.24 bits per heavy atom. The first-order chi connectivity index (χ1) is 16.5. The van der Waals surface area contributed by atoms with Crippen molar-refractivity contribution in [1.82, 2.24) is 9.66 Å². The Bertz CT molecular complexity index is 1290. The zero-order chi connectivity index (χ0) is 24.1. The first kappa shape index (κ1) is 24.8. The fraction of sp³-hybridized carbons (Fsp3) is 0.360. The van der Waals surface area contributed by atoms with Crippen molar-refractivity contribution >= 4 is 61.6 Å². The lowest BCUT2D eigenvalue weighted by Gasteiger charge is -2.22. The third kappa shape index (κ3) is 5.86. The Balaban J connectivity index is 1.65. The number of rotatable bonds is 7. The van der Waals surface area contributed by atoms with E-state index in [0.717, 1.165) is 45.1 Å². The smallest absolute Gasteiger partial charge is 0.344 e. The van der Waals surface area contributed by atoms with Crippen LogP contribution in [0.4, 0.5) is 0 Å². The molecule has 0 bridgehead atoms. The number of aromatic nitrogens is 2. The fourth-order valence-electron chi connectivity index (χ4n) is 4.08. The van der Waals surface area contributed by atoms with E-state index in [-0.39, 0.29) is 18.1 Å². The second-order valence-corrected chi connectivity index (χ2v) is 10.2. The van der Waals surface area contributed by atoms with E-state index in [2.05, 4.69) is 43.6 Å². The summed E-state index contributed by atoms with van der Waals surface area (Å²) in [5.74, 6) is 1.11. The minimum Gasteiger partial charge on any atom is -0.481 e. The van der Waals surface area contributed by atoms with Gasteiger partial charge in [0.05, 0.1) is 27.3 Å². The summed E-state index contributed by atoms with van der Waals surface area (Å²) in [6.07, 6.45) is 7.16. The molecule has 0 spiro atoms. The third-order valence-corrected chi connectivity index (χ3v) is 7.07.